The highest BCUT2D eigenvalue weighted by atomic mass is 19.1. The molecule has 0 saturated carbocycles. The highest BCUT2D eigenvalue weighted by molar-refractivity contribution is 5.97. The Kier molecular flexibility index (Phi) is 3.90. The van der Waals surface area contributed by atoms with Gasteiger partial charge in [0.05, 0.1) is 5.69 Å². The minimum absolute atomic E-state index is 0.235. The van der Waals surface area contributed by atoms with Gasteiger partial charge in [-0.05, 0) is 40.6 Å². The van der Waals surface area contributed by atoms with Crippen LogP contribution in [0.2, 0.25) is 0 Å². The van der Waals surface area contributed by atoms with Crippen LogP contribution >= 0.6 is 0 Å². The Morgan fingerprint density at radius 3 is 2.41 bits per heavy atom. The summed E-state index contributed by atoms with van der Waals surface area (Å²) in [4.78, 5) is 4.51. The summed E-state index contributed by atoms with van der Waals surface area (Å²) in [6, 6.07) is 12.9. The van der Waals surface area contributed by atoms with Gasteiger partial charge in [0.15, 0.2) is 0 Å². The van der Waals surface area contributed by atoms with Crippen molar-refractivity contribution in [2.45, 2.75) is 26.3 Å². The molecule has 0 bridgehead atoms. The highest BCUT2D eigenvalue weighted by Crippen LogP contribution is 2.31. The molecule has 3 heteroatoms. The van der Waals surface area contributed by atoms with Gasteiger partial charge in [-0.15, -0.1) is 0 Å². The molecule has 0 aliphatic rings. The van der Waals surface area contributed by atoms with Crippen LogP contribution in [0.5, 0.6) is 0 Å². The molecule has 0 amide bonds. The molecule has 0 saturated heterocycles. The smallest absolute Gasteiger partial charge is 0.123 e. The van der Waals surface area contributed by atoms with Gasteiger partial charge in [-0.3, -0.25) is 4.98 Å². The first kappa shape index (κ1) is 14.7. The number of rotatable bonds is 3. The minimum Gasteiger partial charge on any atom is -0.325 e. The van der Waals surface area contributed by atoms with Crippen molar-refractivity contribution in [1.29, 1.82) is 0 Å². The summed E-state index contributed by atoms with van der Waals surface area (Å²) in [5.41, 5.74) is 9.96. The second-order valence-corrected chi connectivity index (χ2v) is 5.79. The van der Waals surface area contributed by atoms with E-state index in [1.165, 1.54) is 17.7 Å². The maximum absolute atomic E-state index is 13.1. The summed E-state index contributed by atoms with van der Waals surface area (Å²) in [5, 5.41) is 2.18. The Morgan fingerprint density at radius 1 is 1.05 bits per heavy atom. The number of halogens is 1. The number of benzene rings is 2. The number of hydrogen-bond acceptors (Lipinski definition) is 2. The van der Waals surface area contributed by atoms with E-state index in [4.69, 9.17) is 5.73 Å². The monoisotopic (exact) mass is 294 g/mol. The molecule has 112 valence electrons. The third-order valence-corrected chi connectivity index (χ3v) is 4.01. The van der Waals surface area contributed by atoms with Crippen LogP contribution in [0.4, 0.5) is 4.39 Å². The predicted molar refractivity (Wildman–Crippen MR) is 89.1 cm³/mol. The Morgan fingerprint density at radius 2 is 1.77 bits per heavy atom. The maximum Gasteiger partial charge on any atom is 0.123 e. The van der Waals surface area contributed by atoms with E-state index in [2.05, 4.69) is 37.0 Å². The Labute approximate surface area is 129 Å². The molecule has 0 aliphatic carbocycles. The first-order chi connectivity index (χ1) is 10.6. The molecular weight excluding hydrogens is 275 g/mol. The van der Waals surface area contributed by atoms with Crippen molar-refractivity contribution in [2.75, 3.05) is 0 Å². The van der Waals surface area contributed by atoms with Gasteiger partial charge in [-0.25, -0.2) is 4.39 Å². The molecule has 3 rings (SSSR count). The van der Waals surface area contributed by atoms with Gasteiger partial charge in [-0.1, -0.05) is 38.1 Å². The number of fused-ring (bicyclic) bond motifs is 1. The summed E-state index contributed by atoms with van der Waals surface area (Å²) in [6.07, 6.45) is 1.83. The van der Waals surface area contributed by atoms with Gasteiger partial charge in [0.1, 0.15) is 5.82 Å². The third-order valence-electron chi connectivity index (χ3n) is 4.01. The number of nitrogens with two attached hydrogens (primary N) is 1. The van der Waals surface area contributed by atoms with Crippen LogP contribution in [-0.4, -0.2) is 4.98 Å². The van der Waals surface area contributed by atoms with Gasteiger partial charge >= 0.3 is 0 Å². The van der Waals surface area contributed by atoms with E-state index >= 15 is 0 Å². The molecule has 0 fully saturated rings. The molecule has 0 radical (unpaired) electrons. The van der Waals surface area contributed by atoms with Crippen LogP contribution in [-0.2, 0) is 6.54 Å². The van der Waals surface area contributed by atoms with Crippen LogP contribution in [0, 0.1) is 5.82 Å². The van der Waals surface area contributed by atoms with Crippen LogP contribution in [0.3, 0.4) is 0 Å². The van der Waals surface area contributed by atoms with Crippen molar-refractivity contribution in [3.63, 3.8) is 0 Å². The number of aromatic nitrogens is 1. The third kappa shape index (κ3) is 2.60. The standard InChI is InChI=1S/C19H19FN2/c1-12(2)14-5-8-16-17(9-14)19(10-21)22-11-18(16)13-3-6-15(20)7-4-13/h3-9,11-12H,10,21H2,1-2H3. The summed E-state index contributed by atoms with van der Waals surface area (Å²) < 4.78 is 13.1. The Bertz CT molecular complexity index is 808. The zero-order valence-corrected chi connectivity index (χ0v) is 12.8. The van der Waals surface area contributed by atoms with Crippen LogP contribution in [0.15, 0.2) is 48.7 Å². The lowest BCUT2D eigenvalue weighted by atomic mass is 9.94. The molecule has 0 atom stereocenters. The predicted octanol–water partition coefficient (Wildman–Crippen LogP) is 4.62. The quantitative estimate of drug-likeness (QED) is 0.765. The fraction of sp³-hybridized carbons (Fsp3) is 0.211. The van der Waals surface area contributed by atoms with Crippen molar-refractivity contribution >= 4 is 10.8 Å². The second-order valence-electron chi connectivity index (χ2n) is 5.79. The molecule has 2 N–H and O–H groups in total. The second kappa shape index (κ2) is 5.85. The summed E-state index contributed by atoms with van der Waals surface area (Å²) >= 11 is 0. The molecule has 1 heterocycles. The molecule has 2 aromatic carbocycles. The first-order valence-corrected chi connectivity index (χ1v) is 7.47. The largest absolute Gasteiger partial charge is 0.325 e. The zero-order chi connectivity index (χ0) is 15.7. The lowest BCUT2D eigenvalue weighted by Crippen LogP contribution is -2.02. The number of nitrogens with zero attached hydrogens (tertiary/aromatic N) is 1. The molecule has 0 spiro atoms. The molecule has 22 heavy (non-hydrogen) atoms. The van der Waals surface area contributed by atoms with E-state index < -0.39 is 0 Å². The fourth-order valence-corrected chi connectivity index (χ4v) is 2.70. The summed E-state index contributed by atoms with van der Waals surface area (Å²) in [6.45, 7) is 4.74. The van der Waals surface area contributed by atoms with E-state index in [0.29, 0.717) is 12.5 Å². The van der Waals surface area contributed by atoms with Gasteiger partial charge in [0, 0.05) is 23.7 Å². The lowest BCUT2D eigenvalue weighted by molar-refractivity contribution is 0.628. The fourth-order valence-electron chi connectivity index (χ4n) is 2.70. The van der Waals surface area contributed by atoms with Crippen LogP contribution in [0.25, 0.3) is 21.9 Å². The van der Waals surface area contributed by atoms with E-state index in [1.54, 1.807) is 12.1 Å². The Balaban J connectivity index is 2.26. The van der Waals surface area contributed by atoms with Gasteiger partial charge in [-0.2, -0.15) is 0 Å². The highest BCUT2D eigenvalue weighted by Gasteiger charge is 2.10. The Hall–Kier alpha value is -2.26. The van der Waals surface area contributed by atoms with Crippen molar-refractivity contribution < 1.29 is 4.39 Å². The van der Waals surface area contributed by atoms with Crippen molar-refractivity contribution in [1.82, 2.24) is 4.98 Å². The minimum atomic E-state index is -0.235. The molecule has 2 nitrogen and oxygen atoms in total. The molecular formula is C19H19FN2. The molecule has 0 aliphatic heterocycles. The lowest BCUT2D eigenvalue weighted by Gasteiger charge is -2.13. The number of pyridine rings is 1. The number of hydrogen-bond donors (Lipinski definition) is 1. The normalized spacial score (nSPS) is 11.3. The average Bonchev–Trinajstić information content (AvgIpc) is 2.54. The average molecular weight is 294 g/mol. The van der Waals surface area contributed by atoms with E-state index in [9.17, 15) is 4.39 Å². The van der Waals surface area contributed by atoms with E-state index in [0.717, 1.165) is 27.6 Å². The maximum atomic E-state index is 13.1. The van der Waals surface area contributed by atoms with Gasteiger partial charge in [0.25, 0.3) is 0 Å². The van der Waals surface area contributed by atoms with E-state index in [1.807, 2.05) is 6.20 Å². The molecule has 0 unspecified atom stereocenters. The topological polar surface area (TPSA) is 38.9 Å². The zero-order valence-electron chi connectivity index (χ0n) is 12.8. The summed E-state index contributed by atoms with van der Waals surface area (Å²) in [5.74, 6) is 0.214. The van der Waals surface area contributed by atoms with Crippen LogP contribution in [0.1, 0.15) is 31.0 Å². The molecule has 3 aromatic rings. The summed E-state index contributed by atoms with van der Waals surface area (Å²) in [7, 11) is 0. The van der Waals surface area contributed by atoms with Crippen molar-refractivity contribution in [3.8, 4) is 11.1 Å². The molecule has 1 aromatic heterocycles. The van der Waals surface area contributed by atoms with Gasteiger partial charge in [0.2, 0.25) is 0 Å². The SMILES string of the molecule is CC(C)c1ccc2c(-c3ccc(F)cc3)cnc(CN)c2c1. The first-order valence-electron chi connectivity index (χ1n) is 7.47. The van der Waals surface area contributed by atoms with Crippen LogP contribution < -0.4 is 5.73 Å². The van der Waals surface area contributed by atoms with E-state index in [-0.39, 0.29) is 5.82 Å². The van der Waals surface area contributed by atoms with Crippen molar-refractivity contribution in [3.05, 3.63) is 65.7 Å². The van der Waals surface area contributed by atoms with Gasteiger partial charge < -0.3 is 5.73 Å². The van der Waals surface area contributed by atoms with Crippen molar-refractivity contribution in [2.24, 2.45) is 5.73 Å².